The molecule has 0 radical (unpaired) electrons. The molecule has 5 heteroatoms. The van der Waals surface area contributed by atoms with Gasteiger partial charge in [0.05, 0.1) is 10.7 Å². The van der Waals surface area contributed by atoms with Crippen molar-refractivity contribution in [3.63, 3.8) is 0 Å². The van der Waals surface area contributed by atoms with Gasteiger partial charge in [0.15, 0.2) is 5.58 Å². The second-order valence-corrected chi connectivity index (χ2v) is 6.32. The third kappa shape index (κ3) is 3.28. The molecule has 0 atom stereocenters. The Morgan fingerprint density at radius 3 is 2.91 bits per heavy atom. The van der Waals surface area contributed by atoms with Crippen molar-refractivity contribution in [2.45, 2.75) is 20.0 Å². The molecule has 3 nitrogen and oxygen atoms in total. The first-order chi connectivity index (χ1) is 10.7. The molecule has 3 aromatic rings. The first-order valence-electron chi connectivity index (χ1n) is 6.99. The molecule has 0 aliphatic carbocycles. The Morgan fingerprint density at radius 1 is 1.27 bits per heavy atom. The van der Waals surface area contributed by atoms with Gasteiger partial charge in [0.2, 0.25) is 0 Å². The molecule has 3 rings (SSSR count). The summed E-state index contributed by atoms with van der Waals surface area (Å²) < 4.78 is 11.2. The van der Waals surface area contributed by atoms with Crippen LogP contribution < -0.4 is 4.74 Å². The van der Waals surface area contributed by atoms with E-state index in [1.54, 1.807) is 6.07 Å². The van der Waals surface area contributed by atoms with Crippen LogP contribution in [0.2, 0.25) is 5.02 Å². The maximum Gasteiger partial charge on any atom is 0.170 e. The van der Waals surface area contributed by atoms with E-state index < -0.39 is 0 Å². The van der Waals surface area contributed by atoms with Crippen molar-refractivity contribution in [2.24, 2.45) is 0 Å². The molecule has 1 heterocycles. The van der Waals surface area contributed by atoms with Gasteiger partial charge in [-0.3, -0.25) is 0 Å². The van der Waals surface area contributed by atoms with E-state index in [1.807, 2.05) is 18.2 Å². The van der Waals surface area contributed by atoms with Gasteiger partial charge in [-0.05, 0) is 18.6 Å². The van der Waals surface area contributed by atoms with Crippen molar-refractivity contribution in [1.29, 1.82) is 0 Å². The molecule has 0 spiro atoms. The second-order valence-electron chi connectivity index (χ2n) is 5.12. The van der Waals surface area contributed by atoms with Gasteiger partial charge in [-0.15, -0.1) is 0 Å². The Bertz CT molecular complexity index is 800. The number of hydrogen-bond donors (Lipinski definition) is 0. The van der Waals surface area contributed by atoms with Gasteiger partial charge in [0.25, 0.3) is 0 Å². The summed E-state index contributed by atoms with van der Waals surface area (Å²) in [5.74, 6) is 0.609. The number of nitrogens with zero attached hydrogens (tertiary/aromatic N) is 1. The van der Waals surface area contributed by atoms with Crippen LogP contribution in [0.5, 0.6) is 5.75 Å². The molecule has 22 heavy (non-hydrogen) atoms. The third-order valence-electron chi connectivity index (χ3n) is 3.41. The highest BCUT2D eigenvalue weighted by Crippen LogP contribution is 2.32. The van der Waals surface area contributed by atoms with Gasteiger partial charge in [-0.1, -0.05) is 62.5 Å². The molecule has 0 aliphatic heterocycles. The lowest BCUT2D eigenvalue weighted by atomic mass is 10.1. The number of benzene rings is 2. The van der Waals surface area contributed by atoms with Gasteiger partial charge < -0.3 is 9.26 Å². The molecule has 2 aromatic carbocycles. The van der Waals surface area contributed by atoms with Crippen LogP contribution in [0.15, 0.2) is 40.9 Å². The molecule has 0 saturated heterocycles. The molecule has 0 aliphatic rings. The van der Waals surface area contributed by atoms with E-state index in [-0.39, 0.29) is 0 Å². The zero-order valence-corrected chi connectivity index (χ0v) is 14.4. The lowest BCUT2D eigenvalue weighted by molar-refractivity contribution is 0.306. The van der Waals surface area contributed by atoms with Crippen LogP contribution >= 0.6 is 27.5 Å². The Labute approximate surface area is 142 Å². The summed E-state index contributed by atoms with van der Waals surface area (Å²) in [6.07, 6.45) is 0.798. The molecule has 0 saturated carbocycles. The molecular formula is C17H15BrClNO2. The Balaban J connectivity index is 1.83. The van der Waals surface area contributed by atoms with Gasteiger partial charge >= 0.3 is 0 Å². The van der Waals surface area contributed by atoms with Crippen molar-refractivity contribution in [3.8, 4) is 5.75 Å². The van der Waals surface area contributed by atoms with Crippen LogP contribution in [0, 0.1) is 6.92 Å². The number of alkyl halides is 1. The number of aryl methyl sites for hydroxylation is 2. The molecule has 0 amide bonds. The largest absolute Gasteiger partial charge is 0.487 e. The van der Waals surface area contributed by atoms with Gasteiger partial charge in [0, 0.05) is 23.2 Å². The van der Waals surface area contributed by atoms with Crippen molar-refractivity contribution >= 4 is 38.5 Å². The fourth-order valence-electron chi connectivity index (χ4n) is 2.33. The summed E-state index contributed by atoms with van der Waals surface area (Å²) in [6.45, 7) is 2.53. The SMILES string of the molecule is Cc1cccc(COc2cc3onc(CCBr)c3cc2Cl)c1. The standard InChI is InChI=1S/C17H15BrClNO2/c1-11-3-2-4-12(7-11)10-21-17-9-16-13(8-14(17)19)15(5-6-18)20-22-16/h2-4,7-9H,5-6,10H2,1H3. The second kappa shape index (κ2) is 6.71. The average Bonchev–Trinajstić information content (AvgIpc) is 2.88. The van der Waals surface area contributed by atoms with Crippen molar-refractivity contribution in [1.82, 2.24) is 5.16 Å². The van der Waals surface area contributed by atoms with E-state index in [0.29, 0.717) is 23.0 Å². The van der Waals surface area contributed by atoms with E-state index >= 15 is 0 Å². The van der Waals surface area contributed by atoms with Crippen LogP contribution in [0.25, 0.3) is 11.0 Å². The summed E-state index contributed by atoms with van der Waals surface area (Å²) in [6, 6.07) is 11.9. The van der Waals surface area contributed by atoms with Crippen molar-refractivity contribution in [2.75, 3.05) is 5.33 Å². The molecule has 0 unspecified atom stereocenters. The summed E-state index contributed by atoms with van der Waals surface area (Å²) in [4.78, 5) is 0. The van der Waals surface area contributed by atoms with Crippen LogP contribution in [-0.2, 0) is 13.0 Å². The van der Waals surface area contributed by atoms with E-state index in [2.05, 4.69) is 40.1 Å². The van der Waals surface area contributed by atoms with Crippen molar-refractivity contribution < 1.29 is 9.26 Å². The first kappa shape index (κ1) is 15.4. The van der Waals surface area contributed by atoms with Crippen LogP contribution in [0.4, 0.5) is 0 Å². The number of fused-ring (bicyclic) bond motifs is 1. The van der Waals surface area contributed by atoms with Crippen LogP contribution in [0.3, 0.4) is 0 Å². The van der Waals surface area contributed by atoms with Crippen LogP contribution in [-0.4, -0.2) is 10.5 Å². The van der Waals surface area contributed by atoms with Gasteiger partial charge in [-0.25, -0.2) is 0 Å². The maximum atomic E-state index is 6.32. The lowest BCUT2D eigenvalue weighted by Gasteiger charge is -2.08. The monoisotopic (exact) mass is 379 g/mol. The molecule has 0 bridgehead atoms. The summed E-state index contributed by atoms with van der Waals surface area (Å²) >= 11 is 9.73. The minimum Gasteiger partial charge on any atom is -0.487 e. The van der Waals surface area contributed by atoms with Crippen LogP contribution in [0.1, 0.15) is 16.8 Å². The number of halogens is 2. The number of ether oxygens (including phenoxy) is 1. The quantitative estimate of drug-likeness (QED) is 0.563. The molecule has 114 valence electrons. The topological polar surface area (TPSA) is 35.3 Å². The molecule has 0 N–H and O–H groups in total. The summed E-state index contributed by atoms with van der Waals surface area (Å²) in [5.41, 5.74) is 3.91. The van der Waals surface area contributed by atoms with Gasteiger partial charge in [-0.2, -0.15) is 0 Å². The average molecular weight is 381 g/mol. The van der Waals surface area contributed by atoms with E-state index in [0.717, 1.165) is 28.4 Å². The Kier molecular flexibility index (Phi) is 4.69. The Morgan fingerprint density at radius 2 is 2.14 bits per heavy atom. The van der Waals surface area contributed by atoms with Gasteiger partial charge in [0.1, 0.15) is 12.4 Å². The number of aromatic nitrogens is 1. The number of rotatable bonds is 5. The maximum absolute atomic E-state index is 6.32. The molecule has 0 fully saturated rings. The zero-order chi connectivity index (χ0) is 15.5. The van der Waals surface area contributed by atoms with E-state index in [9.17, 15) is 0 Å². The smallest absolute Gasteiger partial charge is 0.170 e. The highest BCUT2D eigenvalue weighted by atomic mass is 79.9. The predicted molar refractivity (Wildman–Crippen MR) is 92.0 cm³/mol. The summed E-state index contributed by atoms with van der Waals surface area (Å²) in [7, 11) is 0. The highest BCUT2D eigenvalue weighted by molar-refractivity contribution is 9.09. The zero-order valence-electron chi connectivity index (χ0n) is 12.1. The summed E-state index contributed by atoms with van der Waals surface area (Å²) in [5, 5.41) is 6.42. The number of hydrogen-bond acceptors (Lipinski definition) is 3. The van der Waals surface area contributed by atoms with Crippen molar-refractivity contribution in [3.05, 3.63) is 58.2 Å². The fourth-order valence-corrected chi connectivity index (χ4v) is 2.93. The fraction of sp³-hybridized carbons (Fsp3) is 0.235. The minimum absolute atomic E-state index is 0.468. The van der Waals surface area contributed by atoms with E-state index in [1.165, 1.54) is 5.56 Å². The minimum atomic E-state index is 0.468. The molecular weight excluding hydrogens is 366 g/mol. The normalized spacial score (nSPS) is 11.0. The Hall–Kier alpha value is -1.52. The first-order valence-corrected chi connectivity index (χ1v) is 8.49. The lowest BCUT2D eigenvalue weighted by Crippen LogP contribution is -1.96. The van der Waals surface area contributed by atoms with E-state index in [4.69, 9.17) is 20.9 Å². The third-order valence-corrected chi connectivity index (χ3v) is 4.10. The highest BCUT2D eigenvalue weighted by Gasteiger charge is 2.12. The predicted octanol–water partition coefficient (Wildman–Crippen LogP) is 5.31. The molecule has 1 aromatic heterocycles.